The van der Waals surface area contributed by atoms with Gasteiger partial charge < -0.3 is 10.2 Å². The standard InChI is InChI=1S/C11H16O4/c1-3-5-6-7-9(11(14)15)8(4-2)10(12)13/h3,5H,4,6-7H2,1-2H3,(H,12,13)(H,14,15). The molecule has 4 nitrogen and oxygen atoms in total. The van der Waals surface area contributed by atoms with Crippen molar-refractivity contribution < 1.29 is 19.8 Å². The summed E-state index contributed by atoms with van der Waals surface area (Å²) in [6.07, 6.45) is 4.67. The Morgan fingerprint density at radius 3 is 2.00 bits per heavy atom. The van der Waals surface area contributed by atoms with Crippen LogP contribution in [-0.4, -0.2) is 22.2 Å². The van der Waals surface area contributed by atoms with Crippen LogP contribution in [0, 0.1) is 0 Å². The highest BCUT2D eigenvalue weighted by atomic mass is 16.4. The summed E-state index contributed by atoms with van der Waals surface area (Å²) in [6.45, 7) is 3.48. The lowest BCUT2D eigenvalue weighted by Crippen LogP contribution is -2.10. The molecule has 0 amide bonds. The summed E-state index contributed by atoms with van der Waals surface area (Å²) in [4.78, 5) is 21.6. The minimum Gasteiger partial charge on any atom is -0.478 e. The van der Waals surface area contributed by atoms with Crippen LogP contribution in [0.1, 0.15) is 33.1 Å². The van der Waals surface area contributed by atoms with Crippen LogP contribution in [0.2, 0.25) is 0 Å². The smallest absolute Gasteiger partial charge is 0.332 e. The number of rotatable bonds is 6. The number of hydrogen-bond donors (Lipinski definition) is 2. The van der Waals surface area contributed by atoms with Gasteiger partial charge in [0.15, 0.2) is 0 Å². The summed E-state index contributed by atoms with van der Waals surface area (Å²) in [5.41, 5.74) is -0.00453. The van der Waals surface area contributed by atoms with E-state index < -0.39 is 11.9 Å². The molecule has 0 aliphatic carbocycles. The largest absolute Gasteiger partial charge is 0.478 e. The van der Waals surface area contributed by atoms with E-state index in [2.05, 4.69) is 0 Å². The Kier molecular flexibility index (Phi) is 6.09. The molecule has 0 aliphatic rings. The third-order valence-corrected chi connectivity index (χ3v) is 2.03. The van der Waals surface area contributed by atoms with Crippen molar-refractivity contribution in [3.63, 3.8) is 0 Å². The van der Waals surface area contributed by atoms with Gasteiger partial charge in [-0.2, -0.15) is 0 Å². The number of carbonyl (C=O) groups is 2. The first-order valence-electron chi connectivity index (χ1n) is 4.84. The van der Waals surface area contributed by atoms with E-state index in [0.29, 0.717) is 6.42 Å². The predicted octanol–water partition coefficient (Wildman–Crippen LogP) is 2.22. The maximum atomic E-state index is 10.9. The zero-order chi connectivity index (χ0) is 11.8. The molecule has 0 saturated heterocycles. The van der Waals surface area contributed by atoms with Crippen LogP contribution in [-0.2, 0) is 9.59 Å². The van der Waals surface area contributed by atoms with Gasteiger partial charge in [0.05, 0.1) is 0 Å². The van der Waals surface area contributed by atoms with Crippen molar-refractivity contribution in [2.75, 3.05) is 0 Å². The van der Waals surface area contributed by atoms with Crippen molar-refractivity contribution in [2.45, 2.75) is 33.1 Å². The van der Waals surface area contributed by atoms with Crippen molar-refractivity contribution in [1.29, 1.82) is 0 Å². The van der Waals surface area contributed by atoms with Crippen molar-refractivity contribution in [1.82, 2.24) is 0 Å². The van der Waals surface area contributed by atoms with Gasteiger partial charge in [-0.05, 0) is 26.2 Å². The summed E-state index contributed by atoms with van der Waals surface area (Å²) in [5.74, 6) is -2.28. The highest BCUT2D eigenvalue weighted by Crippen LogP contribution is 2.15. The van der Waals surface area contributed by atoms with Crippen molar-refractivity contribution in [2.24, 2.45) is 0 Å². The molecule has 0 saturated carbocycles. The SMILES string of the molecule is CC=CCCC(C(=O)O)=C(CC)C(=O)O. The molecule has 0 spiro atoms. The monoisotopic (exact) mass is 212 g/mol. The zero-order valence-corrected chi connectivity index (χ0v) is 8.99. The molecule has 0 radical (unpaired) electrons. The minimum absolute atomic E-state index is 0.00287. The van der Waals surface area contributed by atoms with E-state index in [1.165, 1.54) is 0 Å². The molecule has 4 heteroatoms. The topological polar surface area (TPSA) is 74.6 Å². The average Bonchev–Trinajstić information content (AvgIpc) is 2.16. The Hall–Kier alpha value is -1.58. The van der Waals surface area contributed by atoms with Gasteiger partial charge in [-0.1, -0.05) is 19.1 Å². The molecular formula is C11H16O4. The van der Waals surface area contributed by atoms with E-state index in [4.69, 9.17) is 10.2 Å². The molecular weight excluding hydrogens is 196 g/mol. The summed E-state index contributed by atoms with van der Waals surface area (Å²) in [7, 11) is 0. The van der Waals surface area contributed by atoms with Crippen LogP contribution < -0.4 is 0 Å². The van der Waals surface area contributed by atoms with Gasteiger partial charge in [-0.15, -0.1) is 0 Å². The Bertz CT molecular complexity index is 300. The van der Waals surface area contributed by atoms with Gasteiger partial charge in [-0.3, -0.25) is 0 Å². The molecule has 15 heavy (non-hydrogen) atoms. The average molecular weight is 212 g/mol. The molecule has 84 valence electrons. The highest BCUT2D eigenvalue weighted by molar-refractivity contribution is 5.98. The summed E-state index contributed by atoms with van der Waals surface area (Å²) in [6, 6.07) is 0. The highest BCUT2D eigenvalue weighted by Gasteiger charge is 2.17. The maximum Gasteiger partial charge on any atom is 0.332 e. The van der Waals surface area contributed by atoms with Crippen LogP contribution >= 0.6 is 0 Å². The van der Waals surface area contributed by atoms with Gasteiger partial charge in [0, 0.05) is 11.1 Å². The Morgan fingerprint density at radius 1 is 1.13 bits per heavy atom. The van der Waals surface area contributed by atoms with Crippen LogP contribution in [0.3, 0.4) is 0 Å². The third-order valence-electron chi connectivity index (χ3n) is 2.03. The number of carboxylic acids is 2. The first-order chi connectivity index (χ1) is 7.04. The number of allylic oxidation sites excluding steroid dienone is 2. The zero-order valence-electron chi connectivity index (χ0n) is 8.99. The molecule has 0 aromatic heterocycles. The van der Waals surface area contributed by atoms with E-state index in [1.807, 2.05) is 19.1 Å². The van der Waals surface area contributed by atoms with Crippen molar-refractivity contribution in [3.8, 4) is 0 Å². The lowest BCUT2D eigenvalue weighted by molar-refractivity contribution is -0.136. The van der Waals surface area contributed by atoms with E-state index in [-0.39, 0.29) is 24.0 Å². The Balaban J connectivity index is 4.90. The maximum absolute atomic E-state index is 10.9. The fraction of sp³-hybridized carbons (Fsp3) is 0.455. The number of hydrogen-bond acceptors (Lipinski definition) is 2. The molecule has 0 rings (SSSR count). The summed E-state index contributed by atoms with van der Waals surface area (Å²) < 4.78 is 0. The first-order valence-corrected chi connectivity index (χ1v) is 4.84. The third kappa shape index (κ3) is 4.44. The van der Waals surface area contributed by atoms with Gasteiger partial charge >= 0.3 is 11.9 Å². The second-order valence-electron chi connectivity index (χ2n) is 3.03. The molecule has 0 fully saturated rings. The molecule has 0 aliphatic heterocycles. The van der Waals surface area contributed by atoms with E-state index in [1.54, 1.807) is 6.92 Å². The van der Waals surface area contributed by atoms with Crippen molar-refractivity contribution >= 4 is 11.9 Å². The molecule has 0 unspecified atom stereocenters. The van der Waals surface area contributed by atoms with Crippen LogP contribution in [0.5, 0.6) is 0 Å². The summed E-state index contributed by atoms with van der Waals surface area (Å²) in [5, 5.41) is 17.7. The molecule has 0 bridgehead atoms. The normalized spacial score (nSPS) is 12.7. The molecule has 0 heterocycles. The quantitative estimate of drug-likeness (QED) is 0.523. The lowest BCUT2D eigenvalue weighted by Gasteiger charge is -2.05. The Labute approximate surface area is 88.9 Å². The fourth-order valence-corrected chi connectivity index (χ4v) is 1.27. The van der Waals surface area contributed by atoms with E-state index in [9.17, 15) is 9.59 Å². The van der Waals surface area contributed by atoms with Gasteiger partial charge in [0.25, 0.3) is 0 Å². The second kappa shape index (κ2) is 6.81. The van der Waals surface area contributed by atoms with E-state index in [0.717, 1.165) is 0 Å². The molecule has 0 aromatic rings. The molecule has 0 aromatic carbocycles. The van der Waals surface area contributed by atoms with Crippen LogP contribution in [0.4, 0.5) is 0 Å². The van der Waals surface area contributed by atoms with Crippen molar-refractivity contribution in [3.05, 3.63) is 23.3 Å². The predicted molar refractivity (Wildman–Crippen MR) is 56.6 cm³/mol. The first kappa shape index (κ1) is 13.4. The van der Waals surface area contributed by atoms with Gasteiger partial charge in [0.2, 0.25) is 0 Å². The fourth-order valence-electron chi connectivity index (χ4n) is 1.27. The molecule has 2 N–H and O–H groups in total. The minimum atomic E-state index is -1.14. The molecule has 0 atom stereocenters. The summed E-state index contributed by atoms with van der Waals surface area (Å²) >= 11 is 0. The van der Waals surface area contributed by atoms with Crippen LogP contribution in [0.25, 0.3) is 0 Å². The number of aliphatic carboxylic acids is 2. The van der Waals surface area contributed by atoms with E-state index >= 15 is 0 Å². The lowest BCUT2D eigenvalue weighted by atomic mass is 10.0. The Morgan fingerprint density at radius 2 is 1.67 bits per heavy atom. The van der Waals surface area contributed by atoms with Crippen LogP contribution in [0.15, 0.2) is 23.3 Å². The number of carboxylic acid groups (broad SMARTS) is 2. The van der Waals surface area contributed by atoms with Gasteiger partial charge in [0.1, 0.15) is 0 Å². The van der Waals surface area contributed by atoms with Gasteiger partial charge in [-0.25, -0.2) is 9.59 Å². The second-order valence-corrected chi connectivity index (χ2v) is 3.03.